The molecule has 3 heteroatoms. The number of unbranched alkanes of at least 4 members (excludes halogenated alkanes) is 2. The van der Waals surface area contributed by atoms with Gasteiger partial charge in [0.25, 0.3) is 0 Å². The van der Waals surface area contributed by atoms with Crippen molar-refractivity contribution in [2.75, 3.05) is 11.6 Å². The van der Waals surface area contributed by atoms with E-state index in [1.54, 1.807) is 6.20 Å². The highest BCUT2D eigenvalue weighted by atomic mass is 15.5. The Kier molecular flexibility index (Phi) is 5.06. The van der Waals surface area contributed by atoms with Crippen LogP contribution in [-0.4, -0.2) is 17.2 Å². The van der Waals surface area contributed by atoms with E-state index in [4.69, 9.17) is 5.10 Å². The molecule has 0 radical (unpaired) electrons. The molecule has 0 saturated carbocycles. The van der Waals surface area contributed by atoms with E-state index >= 15 is 0 Å². The molecule has 2 heterocycles. The third kappa shape index (κ3) is 3.79. The minimum atomic E-state index is 0.420. The molecule has 1 atom stereocenters. The number of aryl methyl sites for hydroxylation is 1. The van der Waals surface area contributed by atoms with Crippen molar-refractivity contribution in [2.24, 2.45) is 11.0 Å². The number of rotatable bonds is 6. The minimum Gasteiger partial charge on any atom is -0.265 e. The van der Waals surface area contributed by atoms with E-state index in [-0.39, 0.29) is 0 Å². The SMILES string of the molecule is CCCCCc1ccc(N2CC(C)C(c3cccnc3)=N2)cc1. The first-order valence-corrected chi connectivity index (χ1v) is 8.63. The molecule has 3 nitrogen and oxygen atoms in total. The third-order valence-corrected chi connectivity index (χ3v) is 4.40. The van der Waals surface area contributed by atoms with E-state index in [1.807, 2.05) is 12.3 Å². The summed E-state index contributed by atoms with van der Waals surface area (Å²) in [5.74, 6) is 0.420. The van der Waals surface area contributed by atoms with Gasteiger partial charge in [0.15, 0.2) is 0 Å². The lowest BCUT2D eigenvalue weighted by Crippen LogP contribution is -2.17. The zero-order valence-corrected chi connectivity index (χ0v) is 14.1. The lowest BCUT2D eigenvalue weighted by atomic mass is 10.0. The van der Waals surface area contributed by atoms with Crippen LogP contribution < -0.4 is 5.01 Å². The molecule has 1 aromatic carbocycles. The number of pyridine rings is 1. The number of hydrogen-bond acceptors (Lipinski definition) is 3. The summed E-state index contributed by atoms with van der Waals surface area (Å²) in [6, 6.07) is 12.9. The van der Waals surface area contributed by atoms with E-state index in [0.29, 0.717) is 5.92 Å². The second kappa shape index (κ2) is 7.40. The van der Waals surface area contributed by atoms with E-state index in [0.717, 1.165) is 17.8 Å². The van der Waals surface area contributed by atoms with E-state index in [1.165, 1.54) is 36.9 Å². The zero-order valence-electron chi connectivity index (χ0n) is 14.1. The topological polar surface area (TPSA) is 28.5 Å². The lowest BCUT2D eigenvalue weighted by Gasteiger charge is -2.15. The fourth-order valence-electron chi connectivity index (χ4n) is 3.05. The number of nitrogens with zero attached hydrogens (tertiary/aromatic N) is 3. The minimum absolute atomic E-state index is 0.420. The Hall–Kier alpha value is -2.16. The Balaban J connectivity index is 1.71. The van der Waals surface area contributed by atoms with Crippen LogP contribution in [0.4, 0.5) is 5.69 Å². The molecular weight excluding hydrogens is 282 g/mol. The van der Waals surface area contributed by atoms with Gasteiger partial charge in [-0.1, -0.05) is 38.8 Å². The molecule has 1 unspecified atom stereocenters. The van der Waals surface area contributed by atoms with Gasteiger partial charge < -0.3 is 0 Å². The van der Waals surface area contributed by atoms with Crippen molar-refractivity contribution >= 4 is 11.4 Å². The molecule has 120 valence electrons. The molecular formula is C20H25N3. The number of anilines is 1. The van der Waals surface area contributed by atoms with Crippen LogP contribution in [-0.2, 0) is 6.42 Å². The van der Waals surface area contributed by atoms with Gasteiger partial charge in [0.1, 0.15) is 0 Å². The molecule has 0 aliphatic carbocycles. The second-order valence-corrected chi connectivity index (χ2v) is 6.33. The van der Waals surface area contributed by atoms with Gasteiger partial charge in [-0.15, -0.1) is 0 Å². The average molecular weight is 307 g/mol. The average Bonchev–Trinajstić information content (AvgIpc) is 2.98. The molecule has 1 aliphatic rings. The lowest BCUT2D eigenvalue weighted by molar-refractivity contribution is 0.717. The maximum atomic E-state index is 4.82. The molecule has 3 rings (SSSR count). The first-order valence-electron chi connectivity index (χ1n) is 8.63. The maximum Gasteiger partial charge on any atom is 0.0743 e. The number of hydrogen-bond donors (Lipinski definition) is 0. The standard InChI is InChI=1S/C20H25N3/c1-3-4-5-7-17-9-11-19(12-10-17)23-15-16(2)20(22-23)18-8-6-13-21-14-18/h6,8-14,16H,3-5,7,15H2,1-2H3. The highest BCUT2D eigenvalue weighted by Crippen LogP contribution is 2.25. The molecule has 2 aromatic rings. The predicted molar refractivity (Wildman–Crippen MR) is 97.0 cm³/mol. The van der Waals surface area contributed by atoms with Crippen LogP contribution in [0.25, 0.3) is 0 Å². The third-order valence-electron chi connectivity index (χ3n) is 4.40. The van der Waals surface area contributed by atoms with Crippen molar-refractivity contribution in [1.82, 2.24) is 4.98 Å². The monoisotopic (exact) mass is 307 g/mol. The van der Waals surface area contributed by atoms with Crippen molar-refractivity contribution < 1.29 is 0 Å². The van der Waals surface area contributed by atoms with E-state index in [2.05, 4.69) is 54.2 Å². The maximum absolute atomic E-state index is 4.82. The van der Waals surface area contributed by atoms with Crippen LogP contribution in [0.15, 0.2) is 53.9 Å². The van der Waals surface area contributed by atoms with Gasteiger partial charge in [-0.3, -0.25) is 9.99 Å². The van der Waals surface area contributed by atoms with Gasteiger partial charge in [0.05, 0.1) is 11.4 Å². The van der Waals surface area contributed by atoms with Crippen molar-refractivity contribution in [1.29, 1.82) is 0 Å². The van der Waals surface area contributed by atoms with Gasteiger partial charge >= 0.3 is 0 Å². The molecule has 0 bridgehead atoms. The number of hydrazone groups is 1. The fourth-order valence-corrected chi connectivity index (χ4v) is 3.05. The van der Waals surface area contributed by atoms with Gasteiger partial charge in [-0.2, -0.15) is 5.10 Å². The Morgan fingerprint density at radius 1 is 1.13 bits per heavy atom. The molecule has 1 aromatic heterocycles. The van der Waals surface area contributed by atoms with Crippen LogP contribution in [0.3, 0.4) is 0 Å². The summed E-state index contributed by atoms with van der Waals surface area (Å²) in [6.45, 7) is 5.40. The molecule has 23 heavy (non-hydrogen) atoms. The Labute approximate surface area is 139 Å². The van der Waals surface area contributed by atoms with Crippen LogP contribution in [0.2, 0.25) is 0 Å². The summed E-state index contributed by atoms with van der Waals surface area (Å²) in [5.41, 5.74) is 4.85. The van der Waals surface area contributed by atoms with Crippen LogP contribution in [0, 0.1) is 5.92 Å². The van der Waals surface area contributed by atoms with Crippen LogP contribution >= 0.6 is 0 Å². The number of aromatic nitrogens is 1. The summed E-state index contributed by atoms with van der Waals surface area (Å²) in [7, 11) is 0. The van der Waals surface area contributed by atoms with Crippen LogP contribution in [0.5, 0.6) is 0 Å². The summed E-state index contributed by atoms with van der Waals surface area (Å²) in [6.07, 6.45) is 8.74. The summed E-state index contributed by atoms with van der Waals surface area (Å²) in [4.78, 5) is 4.21. The van der Waals surface area contributed by atoms with Crippen molar-refractivity contribution in [3.05, 3.63) is 59.9 Å². The van der Waals surface area contributed by atoms with E-state index < -0.39 is 0 Å². The highest BCUT2D eigenvalue weighted by molar-refractivity contribution is 6.04. The fraction of sp³-hybridized carbons (Fsp3) is 0.400. The molecule has 0 saturated heterocycles. The molecule has 0 N–H and O–H groups in total. The summed E-state index contributed by atoms with van der Waals surface area (Å²) in [5, 5.41) is 6.94. The first-order chi connectivity index (χ1) is 11.3. The van der Waals surface area contributed by atoms with Crippen LogP contribution in [0.1, 0.15) is 44.2 Å². The van der Waals surface area contributed by atoms with Gasteiger partial charge in [0.2, 0.25) is 0 Å². The summed E-state index contributed by atoms with van der Waals surface area (Å²) < 4.78 is 0. The smallest absolute Gasteiger partial charge is 0.0743 e. The van der Waals surface area contributed by atoms with E-state index in [9.17, 15) is 0 Å². The van der Waals surface area contributed by atoms with Gasteiger partial charge in [0, 0.05) is 30.4 Å². The van der Waals surface area contributed by atoms with Crippen molar-refractivity contribution in [2.45, 2.75) is 39.5 Å². The largest absolute Gasteiger partial charge is 0.265 e. The van der Waals surface area contributed by atoms with Gasteiger partial charge in [-0.05, 0) is 42.7 Å². The van der Waals surface area contributed by atoms with Crippen molar-refractivity contribution in [3.63, 3.8) is 0 Å². The molecule has 0 fully saturated rings. The Morgan fingerprint density at radius 2 is 1.96 bits per heavy atom. The molecule has 1 aliphatic heterocycles. The molecule has 0 spiro atoms. The normalized spacial score (nSPS) is 17.4. The first kappa shape index (κ1) is 15.7. The Bertz CT molecular complexity index is 646. The Morgan fingerprint density at radius 3 is 2.65 bits per heavy atom. The highest BCUT2D eigenvalue weighted by Gasteiger charge is 2.24. The second-order valence-electron chi connectivity index (χ2n) is 6.33. The van der Waals surface area contributed by atoms with Crippen molar-refractivity contribution in [3.8, 4) is 0 Å². The zero-order chi connectivity index (χ0) is 16.1. The molecule has 0 amide bonds. The van der Waals surface area contributed by atoms with Gasteiger partial charge in [-0.25, -0.2) is 0 Å². The quantitative estimate of drug-likeness (QED) is 0.725. The number of benzene rings is 1. The summed E-state index contributed by atoms with van der Waals surface area (Å²) >= 11 is 0. The predicted octanol–water partition coefficient (Wildman–Crippen LogP) is 4.67.